The second kappa shape index (κ2) is 18.4. The molecule has 2 aromatic heterocycles. The van der Waals surface area contributed by atoms with Crippen molar-refractivity contribution in [2.24, 2.45) is 0 Å². The van der Waals surface area contributed by atoms with Crippen molar-refractivity contribution in [2.45, 2.75) is 0 Å². The van der Waals surface area contributed by atoms with Crippen LogP contribution in [0.1, 0.15) is 0 Å². The number of aromatic nitrogens is 3. The third-order valence-corrected chi connectivity index (χ3v) is 18.0. The average Bonchev–Trinajstić information content (AvgIpc) is 3.83. The van der Waals surface area contributed by atoms with E-state index in [1.54, 1.807) is 0 Å². The fourth-order valence-corrected chi connectivity index (χ4v) is 13.1. The van der Waals surface area contributed by atoms with E-state index in [9.17, 15) is 0 Å². The van der Waals surface area contributed by atoms with Gasteiger partial charge in [0.15, 0.2) is 17.5 Å². The Bertz CT molecular complexity index is 4170. The van der Waals surface area contributed by atoms with Crippen molar-refractivity contribution in [3.63, 3.8) is 0 Å². The van der Waals surface area contributed by atoms with Gasteiger partial charge in [-0.1, -0.05) is 151 Å². The first-order valence-corrected chi connectivity index (χ1v) is 26.3. The molecule has 0 saturated heterocycles. The van der Waals surface area contributed by atoms with E-state index in [1.807, 2.05) is 36.4 Å². The topological polar surface area (TPSA) is 51.8 Å². The third-order valence-electron chi connectivity index (χ3n) is 18.0. The molecule has 0 spiro atoms. The number of nitrogens with zero attached hydrogens (tertiary/aromatic N) is 3. The van der Waals surface area contributed by atoms with Crippen LogP contribution in [-0.4, -0.2) is 148 Å². The minimum Gasteiger partial charge on any atom is -0.456 e. The summed E-state index contributed by atoms with van der Waals surface area (Å²) in [5.41, 5.74) is 34.8. The number of hydrogen-bond acceptors (Lipinski definition) is 4. The minimum absolute atomic E-state index is 0.631. The predicted molar refractivity (Wildman–Crippen MR) is 374 cm³/mol. The van der Waals surface area contributed by atoms with Gasteiger partial charge in [0.2, 0.25) is 0 Å². The van der Waals surface area contributed by atoms with Gasteiger partial charge in [-0.05, 0) is 60.9 Å². The smallest absolute Gasteiger partial charge is 0.164 e. The Balaban J connectivity index is 1.27. The zero-order valence-electron chi connectivity index (χ0n) is 46.5. The van der Waals surface area contributed by atoms with Gasteiger partial charge in [-0.25, -0.2) is 15.0 Å². The average molecular weight is 929 g/mol. The Hall–Kier alpha value is -6.59. The first-order chi connectivity index (χ1) is 35.3. The lowest BCUT2D eigenvalue weighted by Crippen LogP contribution is -2.57. The van der Waals surface area contributed by atoms with Crippen LogP contribution in [0.3, 0.4) is 0 Å². The lowest BCUT2D eigenvalue weighted by molar-refractivity contribution is 0.673. The molecule has 74 heavy (non-hydrogen) atoms. The van der Waals surface area contributed by atoms with Crippen molar-refractivity contribution in [1.29, 1.82) is 0 Å². The maximum absolute atomic E-state index is 7.58. The Morgan fingerprint density at radius 3 is 1.08 bits per heavy atom. The van der Waals surface area contributed by atoms with E-state index < -0.39 is 0 Å². The largest absolute Gasteiger partial charge is 0.456 e. The molecule has 0 fully saturated rings. The van der Waals surface area contributed by atoms with Crippen LogP contribution in [0, 0.1) is 0 Å². The van der Waals surface area contributed by atoms with Crippen molar-refractivity contribution >= 4 is 270 Å². The maximum atomic E-state index is 7.58. The van der Waals surface area contributed by atoms with Crippen LogP contribution >= 0.6 is 0 Å². The van der Waals surface area contributed by atoms with Gasteiger partial charge in [0.1, 0.15) is 145 Å². The summed E-state index contributed by atoms with van der Waals surface area (Å²) in [5.74, 6) is 1.91. The number of furan rings is 1. The lowest BCUT2D eigenvalue weighted by atomic mass is 9.55. The van der Waals surface area contributed by atoms with Crippen LogP contribution in [0.4, 0.5) is 0 Å². The summed E-state index contributed by atoms with van der Waals surface area (Å²) in [4.78, 5) is 15.5. The number of benzene rings is 9. The standard InChI is InChI=1S/C53H50B17N3O/c54-32-23(21-15-16-22(20-14-8-7-13-19(20)21)53-72-51(17-9-3-1-4-10-17)71-52(73-53)18-11-5-2-6-12-18)49-30(31-34(56)25-29(43(65)50(31)74-49)42(64)45(67)44(66)39(25)61)33(55)24(32)26-35(57)37(59)27(38(60)36(26)58)28-40(62)46(68)48(70)47(69)41(28)63/h1-16H,54-70H2. The lowest BCUT2D eigenvalue weighted by Gasteiger charge is -2.29. The first-order valence-electron chi connectivity index (χ1n) is 26.3. The van der Waals surface area contributed by atoms with E-state index in [2.05, 4.69) is 194 Å². The van der Waals surface area contributed by atoms with Gasteiger partial charge in [0.25, 0.3) is 0 Å². The van der Waals surface area contributed by atoms with Gasteiger partial charge in [-0.2, -0.15) is 0 Å². The van der Waals surface area contributed by atoms with Crippen molar-refractivity contribution < 1.29 is 4.42 Å². The molecule has 11 aromatic rings. The number of rotatable bonds is 6. The summed E-state index contributed by atoms with van der Waals surface area (Å²) in [6.45, 7) is 0. The summed E-state index contributed by atoms with van der Waals surface area (Å²) in [6.07, 6.45) is 0. The normalized spacial score (nSPS) is 11.6. The molecule has 2 heterocycles. The molecule has 0 amide bonds. The van der Waals surface area contributed by atoms with Crippen LogP contribution in [0.2, 0.25) is 0 Å². The Kier molecular flexibility index (Phi) is 12.3. The zero-order valence-corrected chi connectivity index (χ0v) is 46.5. The van der Waals surface area contributed by atoms with E-state index >= 15 is 0 Å². The second-order valence-electron chi connectivity index (χ2n) is 21.5. The molecule has 0 aliphatic rings. The molecule has 11 rings (SSSR count). The van der Waals surface area contributed by atoms with Crippen molar-refractivity contribution in [1.82, 2.24) is 15.0 Å². The molecule has 0 unspecified atom stereocenters. The highest BCUT2D eigenvalue weighted by Crippen LogP contribution is 2.41. The minimum atomic E-state index is 0.631. The van der Waals surface area contributed by atoms with Gasteiger partial charge in [0.05, 0.1) is 0 Å². The van der Waals surface area contributed by atoms with Crippen molar-refractivity contribution in [2.75, 3.05) is 0 Å². The molecule has 334 valence electrons. The summed E-state index contributed by atoms with van der Waals surface area (Å²) in [5, 5.41) is 7.22. The maximum Gasteiger partial charge on any atom is 0.164 e. The molecule has 0 saturated carbocycles. The van der Waals surface area contributed by atoms with Gasteiger partial charge in [-0.3, -0.25) is 0 Å². The molecular formula is C53H50B17N3O. The van der Waals surface area contributed by atoms with Gasteiger partial charge in [-0.15, -0.1) is 27.3 Å². The second-order valence-corrected chi connectivity index (χ2v) is 21.5. The van der Waals surface area contributed by atoms with Crippen molar-refractivity contribution in [3.05, 3.63) is 97.1 Å². The van der Waals surface area contributed by atoms with E-state index in [0.29, 0.717) is 17.5 Å². The summed E-state index contributed by atoms with van der Waals surface area (Å²) in [7, 11) is 39.4. The Morgan fingerprint density at radius 1 is 0.243 bits per heavy atom. The van der Waals surface area contributed by atoms with Crippen LogP contribution < -0.4 is 92.9 Å². The highest BCUT2D eigenvalue weighted by molar-refractivity contribution is 6.74. The van der Waals surface area contributed by atoms with Crippen molar-refractivity contribution in [3.8, 4) is 67.5 Å². The van der Waals surface area contributed by atoms with E-state index in [1.165, 1.54) is 137 Å². The summed E-state index contributed by atoms with van der Waals surface area (Å²) >= 11 is 0. The fraction of sp³-hybridized carbons (Fsp3) is 0. The summed E-state index contributed by atoms with van der Waals surface area (Å²) < 4.78 is 7.58. The molecule has 0 bridgehead atoms. The first kappa shape index (κ1) is 49.6. The fourth-order valence-electron chi connectivity index (χ4n) is 13.1. The molecule has 9 aromatic carbocycles. The number of hydrogen-bond donors (Lipinski definition) is 0. The van der Waals surface area contributed by atoms with Crippen LogP contribution in [0.15, 0.2) is 101 Å². The molecule has 0 aliphatic heterocycles. The molecule has 21 heteroatoms. The highest BCUT2D eigenvalue weighted by Gasteiger charge is 2.30. The van der Waals surface area contributed by atoms with E-state index in [-0.39, 0.29) is 0 Å². The molecule has 0 radical (unpaired) electrons. The molecule has 0 aliphatic carbocycles. The highest BCUT2D eigenvalue weighted by atomic mass is 16.3. The molecular weight excluding hydrogens is 878 g/mol. The monoisotopic (exact) mass is 932 g/mol. The van der Waals surface area contributed by atoms with Gasteiger partial charge < -0.3 is 4.42 Å². The van der Waals surface area contributed by atoms with E-state index in [0.717, 1.165) is 49.8 Å². The predicted octanol–water partition coefficient (Wildman–Crippen LogP) is -15.5. The Morgan fingerprint density at radius 2 is 0.595 bits per heavy atom. The quantitative estimate of drug-likeness (QED) is 0.156. The number of fused-ring (bicyclic) bond motifs is 5. The van der Waals surface area contributed by atoms with Crippen LogP contribution in [0.5, 0.6) is 0 Å². The molecule has 0 atom stereocenters. The molecule has 4 nitrogen and oxygen atoms in total. The van der Waals surface area contributed by atoms with Gasteiger partial charge >= 0.3 is 0 Å². The zero-order chi connectivity index (χ0) is 52.5. The Labute approximate surface area is 451 Å². The van der Waals surface area contributed by atoms with Gasteiger partial charge in [0, 0.05) is 33.0 Å². The molecule has 0 N–H and O–H groups in total. The van der Waals surface area contributed by atoms with E-state index in [4.69, 9.17) is 19.4 Å². The van der Waals surface area contributed by atoms with Crippen LogP contribution in [0.25, 0.3) is 111 Å². The van der Waals surface area contributed by atoms with Crippen LogP contribution in [-0.2, 0) is 0 Å². The summed E-state index contributed by atoms with van der Waals surface area (Å²) in [6, 6.07) is 33.7. The third kappa shape index (κ3) is 7.26. The SMILES string of the molecule is Bc1c(B)c(B)c(-c2c(B)c(B)c(-c3c(B)c(-c4ccc(-c5nc(-c6ccccc6)nc(-c6ccccc6)n5)c5ccccc45)c4oc5c(B)c6c(B)c(B)c(B)c(B)c6c(B)c5c4c3B)c(B)c2B)c(B)c1B.